The molecular formula is C19H17N3S. The summed E-state index contributed by atoms with van der Waals surface area (Å²) in [6.07, 6.45) is 1.66. The monoisotopic (exact) mass is 319 g/mol. The second-order valence-electron chi connectivity index (χ2n) is 5.79. The van der Waals surface area contributed by atoms with Crippen molar-refractivity contribution in [1.82, 2.24) is 9.97 Å². The number of hydrogen-bond acceptors (Lipinski definition) is 4. The van der Waals surface area contributed by atoms with Crippen LogP contribution in [0, 0.1) is 6.92 Å². The fourth-order valence-corrected chi connectivity index (χ4v) is 3.93. The summed E-state index contributed by atoms with van der Waals surface area (Å²) in [4.78, 5) is 12.2. The molecule has 0 bridgehead atoms. The normalized spacial score (nSPS) is 11.2. The van der Waals surface area contributed by atoms with Gasteiger partial charge in [0.2, 0.25) is 0 Å². The first-order valence-electron chi connectivity index (χ1n) is 7.60. The Labute approximate surface area is 139 Å². The number of anilines is 1. The number of aromatic nitrogens is 2. The molecule has 4 aromatic rings. The first kappa shape index (κ1) is 14.2. The lowest BCUT2D eigenvalue weighted by Crippen LogP contribution is -2.18. The van der Waals surface area contributed by atoms with Crippen LogP contribution in [-0.4, -0.2) is 17.0 Å². The van der Waals surface area contributed by atoms with Gasteiger partial charge in [-0.1, -0.05) is 42.5 Å². The van der Waals surface area contributed by atoms with Gasteiger partial charge in [0, 0.05) is 13.6 Å². The van der Waals surface area contributed by atoms with Crippen LogP contribution < -0.4 is 4.90 Å². The highest BCUT2D eigenvalue weighted by molar-refractivity contribution is 7.17. The maximum absolute atomic E-state index is 4.54. The lowest BCUT2D eigenvalue weighted by atomic mass is 10.0. The Balaban J connectivity index is 1.77. The molecule has 114 valence electrons. The van der Waals surface area contributed by atoms with E-state index in [0.29, 0.717) is 0 Å². The molecule has 2 aromatic carbocycles. The van der Waals surface area contributed by atoms with E-state index in [2.05, 4.69) is 76.7 Å². The van der Waals surface area contributed by atoms with Gasteiger partial charge in [0.25, 0.3) is 0 Å². The van der Waals surface area contributed by atoms with Crippen molar-refractivity contribution in [2.75, 3.05) is 11.9 Å². The molecule has 4 heteroatoms. The van der Waals surface area contributed by atoms with Crippen molar-refractivity contribution >= 4 is 38.1 Å². The van der Waals surface area contributed by atoms with Gasteiger partial charge in [-0.05, 0) is 34.2 Å². The van der Waals surface area contributed by atoms with Gasteiger partial charge in [0.05, 0.1) is 5.39 Å². The summed E-state index contributed by atoms with van der Waals surface area (Å²) >= 11 is 1.68. The molecule has 2 aromatic heterocycles. The number of aryl methyl sites for hydroxylation is 1. The summed E-state index contributed by atoms with van der Waals surface area (Å²) in [7, 11) is 2.10. The fourth-order valence-electron chi connectivity index (χ4n) is 3.05. The van der Waals surface area contributed by atoms with Gasteiger partial charge >= 0.3 is 0 Å². The predicted octanol–water partition coefficient (Wildman–Crippen LogP) is 4.79. The second-order valence-corrected chi connectivity index (χ2v) is 6.65. The Morgan fingerprint density at radius 1 is 1.04 bits per heavy atom. The summed E-state index contributed by atoms with van der Waals surface area (Å²) in [6.45, 7) is 2.94. The summed E-state index contributed by atoms with van der Waals surface area (Å²) in [5, 5.41) is 5.89. The number of benzene rings is 2. The lowest BCUT2D eigenvalue weighted by Gasteiger charge is -2.20. The number of nitrogens with zero attached hydrogens (tertiary/aromatic N) is 3. The Morgan fingerprint density at radius 3 is 2.78 bits per heavy atom. The molecule has 0 saturated heterocycles. The van der Waals surface area contributed by atoms with Crippen LogP contribution in [0.4, 0.5) is 5.82 Å². The summed E-state index contributed by atoms with van der Waals surface area (Å²) < 4.78 is 0. The second kappa shape index (κ2) is 5.63. The van der Waals surface area contributed by atoms with Crippen LogP contribution in [0.5, 0.6) is 0 Å². The quantitative estimate of drug-likeness (QED) is 0.543. The van der Waals surface area contributed by atoms with E-state index in [1.807, 2.05) is 0 Å². The molecule has 23 heavy (non-hydrogen) atoms. The highest BCUT2D eigenvalue weighted by Crippen LogP contribution is 2.31. The fraction of sp³-hybridized carbons (Fsp3) is 0.158. The van der Waals surface area contributed by atoms with E-state index in [-0.39, 0.29) is 0 Å². The minimum atomic E-state index is 0.822. The zero-order valence-electron chi connectivity index (χ0n) is 13.2. The van der Waals surface area contributed by atoms with Crippen LogP contribution in [0.1, 0.15) is 11.1 Å². The molecule has 0 spiro atoms. The van der Waals surface area contributed by atoms with Gasteiger partial charge in [-0.25, -0.2) is 9.97 Å². The van der Waals surface area contributed by atoms with E-state index in [0.717, 1.165) is 17.2 Å². The number of hydrogen-bond donors (Lipinski definition) is 0. The summed E-state index contributed by atoms with van der Waals surface area (Å²) in [5.41, 5.74) is 2.55. The van der Waals surface area contributed by atoms with Crippen LogP contribution in [0.2, 0.25) is 0 Å². The highest BCUT2D eigenvalue weighted by Gasteiger charge is 2.13. The molecule has 0 radical (unpaired) electrons. The minimum Gasteiger partial charge on any atom is -0.355 e. The van der Waals surface area contributed by atoms with Crippen molar-refractivity contribution in [2.45, 2.75) is 13.5 Å². The van der Waals surface area contributed by atoms with E-state index >= 15 is 0 Å². The maximum atomic E-state index is 4.54. The summed E-state index contributed by atoms with van der Waals surface area (Å²) in [6, 6.07) is 15.0. The summed E-state index contributed by atoms with van der Waals surface area (Å²) in [5.74, 6) is 1.00. The Morgan fingerprint density at radius 2 is 1.87 bits per heavy atom. The number of rotatable bonds is 3. The molecule has 0 N–H and O–H groups in total. The van der Waals surface area contributed by atoms with Crippen molar-refractivity contribution in [1.29, 1.82) is 0 Å². The smallest absolute Gasteiger partial charge is 0.141 e. The van der Waals surface area contributed by atoms with Crippen LogP contribution in [0.15, 0.2) is 54.2 Å². The molecule has 0 aliphatic rings. The van der Waals surface area contributed by atoms with Gasteiger partial charge < -0.3 is 4.90 Å². The van der Waals surface area contributed by atoms with Gasteiger partial charge in [0.15, 0.2) is 0 Å². The van der Waals surface area contributed by atoms with Crippen molar-refractivity contribution in [3.8, 4) is 0 Å². The molecule has 0 unspecified atom stereocenters. The standard InChI is InChI=1S/C19H17N3S/c1-13-11-23-19-17(13)18(20-12-21-19)22(2)10-15-8-5-7-14-6-3-4-9-16(14)15/h3-9,11-12H,10H2,1-2H3. The van der Waals surface area contributed by atoms with Crippen molar-refractivity contribution in [3.05, 3.63) is 65.3 Å². The number of fused-ring (bicyclic) bond motifs is 2. The van der Waals surface area contributed by atoms with Gasteiger partial charge in [0.1, 0.15) is 17.0 Å². The highest BCUT2D eigenvalue weighted by atomic mass is 32.1. The third-order valence-corrected chi connectivity index (χ3v) is 5.19. The molecule has 0 saturated carbocycles. The van der Waals surface area contributed by atoms with Crippen LogP contribution in [0.25, 0.3) is 21.0 Å². The topological polar surface area (TPSA) is 29.0 Å². The van der Waals surface area contributed by atoms with Gasteiger partial charge in [-0.15, -0.1) is 11.3 Å². The zero-order valence-corrected chi connectivity index (χ0v) is 14.0. The molecule has 0 aliphatic carbocycles. The third kappa shape index (κ3) is 2.45. The Kier molecular flexibility index (Phi) is 3.46. The van der Waals surface area contributed by atoms with E-state index in [9.17, 15) is 0 Å². The Hall–Kier alpha value is -2.46. The van der Waals surface area contributed by atoms with Crippen LogP contribution >= 0.6 is 11.3 Å². The predicted molar refractivity (Wildman–Crippen MR) is 98.2 cm³/mol. The van der Waals surface area contributed by atoms with Crippen molar-refractivity contribution in [3.63, 3.8) is 0 Å². The zero-order chi connectivity index (χ0) is 15.8. The number of thiophene rings is 1. The van der Waals surface area contributed by atoms with Crippen LogP contribution in [-0.2, 0) is 6.54 Å². The average Bonchev–Trinajstić information content (AvgIpc) is 2.97. The minimum absolute atomic E-state index is 0.822. The first-order valence-corrected chi connectivity index (χ1v) is 8.48. The molecule has 2 heterocycles. The van der Waals surface area contributed by atoms with E-state index in [1.54, 1.807) is 17.7 Å². The maximum Gasteiger partial charge on any atom is 0.141 e. The van der Waals surface area contributed by atoms with Crippen LogP contribution in [0.3, 0.4) is 0 Å². The SMILES string of the molecule is Cc1csc2ncnc(N(C)Cc3cccc4ccccc34)c12. The molecule has 0 aliphatic heterocycles. The third-order valence-electron chi connectivity index (χ3n) is 4.18. The average molecular weight is 319 g/mol. The van der Waals surface area contributed by atoms with Crippen molar-refractivity contribution < 1.29 is 0 Å². The lowest BCUT2D eigenvalue weighted by molar-refractivity contribution is 0.906. The largest absolute Gasteiger partial charge is 0.355 e. The Bertz CT molecular complexity index is 985. The molecule has 0 amide bonds. The molecule has 0 atom stereocenters. The van der Waals surface area contributed by atoms with E-state index < -0.39 is 0 Å². The van der Waals surface area contributed by atoms with Crippen molar-refractivity contribution in [2.24, 2.45) is 0 Å². The first-order chi connectivity index (χ1) is 11.2. The van der Waals surface area contributed by atoms with E-state index in [1.165, 1.54) is 27.3 Å². The molecule has 0 fully saturated rings. The molecule has 3 nitrogen and oxygen atoms in total. The molecule has 4 rings (SSSR count). The van der Waals surface area contributed by atoms with Gasteiger partial charge in [-0.2, -0.15) is 0 Å². The van der Waals surface area contributed by atoms with Gasteiger partial charge in [-0.3, -0.25) is 0 Å². The molecular weight excluding hydrogens is 302 g/mol. The van der Waals surface area contributed by atoms with E-state index in [4.69, 9.17) is 0 Å².